The SMILES string of the molecule is O=[N+]([O-])n1nnnc1-c1nnnn1[N+](=O)[O-]. The molecule has 0 atom stereocenters. The van der Waals surface area contributed by atoms with E-state index in [1.54, 1.807) is 0 Å². The van der Waals surface area contributed by atoms with Gasteiger partial charge in [0.2, 0.25) is 10.4 Å². The van der Waals surface area contributed by atoms with Crippen LogP contribution in [0.2, 0.25) is 0 Å². The molecule has 14 heteroatoms. The van der Waals surface area contributed by atoms with E-state index in [-0.39, 0.29) is 9.58 Å². The van der Waals surface area contributed by atoms with Gasteiger partial charge >= 0.3 is 11.6 Å². The third kappa shape index (κ3) is 1.29. The van der Waals surface area contributed by atoms with Crippen molar-refractivity contribution < 1.29 is 10.1 Å². The molecule has 0 aliphatic carbocycles. The maximum absolute atomic E-state index is 10.4. The highest BCUT2D eigenvalue weighted by Gasteiger charge is 2.28. The summed E-state index contributed by atoms with van der Waals surface area (Å²) in [6.45, 7) is 0. The maximum atomic E-state index is 10.4. The molecular formula is C2N10O4. The average Bonchev–Trinajstić information content (AvgIpc) is 2.85. The van der Waals surface area contributed by atoms with E-state index in [1.807, 2.05) is 0 Å². The highest BCUT2D eigenvalue weighted by Crippen LogP contribution is 2.09. The van der Waals surface area contributed by atoms with E-state index in [1.165, 1.54) is 0 Å². The van der Waals surface area contributed by atoms with Crippen LogP contribution in [0.25, 0.3) is 11.6 Å². The first-order valence-electron chi connectivity index (χ1n) is 3.47. The Kier molecular flexibility index (Phi) is 1.93. The van der Waals surface area contributed by atoms with Gasteiger partial charge in [-0.15, -0.1) is 0 Å². The average molecular weight is 228 g/mol. The van der Waals surface area contributed by atoms with Gasteiger partial charge in [0, 0.05) is 0 Å². The number of nitrogens with zero attached hydrogens (tertiary/aromatic N) is 10. The molecule has 14 nitrogen and oxygen atoms in total. The van der Waals surface area contributed by atoms with E-state index in [0.29, 0.717) is 0 Å². The molecule has 0 spiro atoms. The van der Waals surface area contributed by atoms with Gasteiger partial charge in [-0.25, -0.2) is 0 Å². The number of rotatable bonds is 3. The van der Waals surface area contributed by atoms with E-state index in [4.69, 9.17) is 0 Å². The fourth-order valence-corrected chi connectivity index (χ4v) is 0.854. The van der Waals surface area contributed by atoms with E-state index >= 15 is 0 Å². The first-order chi connectivity index (χ1) is 7.61. The first kappa shape index (κ1) is 9.49. The quantitative estimate of drug-likeness (QED) is 0.400. The van der Waals surface area contributed by atoms with Crippen molar-refractivity contribution in [3.8, 4) is 11.6 Å². The molecule has 0 aliphatic rings. The smallest absolute Gasteiger partial charge is 0.301 e. The van der Waals surface area contributed by atoms with Crippen molar-refractivity contribution in [2.45, 2.75) is 0 Å². The molecule has 16 heavy (non-hydrogen) atoms. The topological polar surface area (TPSA) is 173 Å². The molecule has 0 N–H and O–H groups in total. The minimum absolute atomic E-state index is 0.117. The Morgan fingerprint density at radius 2 is 1.25 bits per heavy atom. The zero-order valence-corrected chi connectivity index (χ0v) is 7.11. The van der Waals surface area contributed by atoms with Crippen LogP contribution in [-0.2, 0) is 0 Å². The number of hydrogen-bond acceptors (Lipinski definition) is 10. The highest BCUT2D eigenvalue weighted by atomic mass is 16.7. The fourth-order valence-electron chi connectivity index (χ4n) is 0.854. The molecule has 0 unspecified atom stereocenters. The van der Waals surface area contributed by atoms with E-state index < -0.39 is 21.7 Å². The van der Waals surface area contributed by atoms with Crippen LogP contribution in [0.5, 0.6) is 0 Å². The Labute approximate surface area is 83.7 Å². The van der Waals surface area contributed by atoms with Crippen LogP contribution in [-0.4, -0.2) is 50.7 Å². The van der Waals surface area contributed by atoms with Gasteiger partial charge in [0.05, 0.1) is 19.6 Å². The molecule has 82 valence electrons. The second-order valence-electron chi connectivity index (χ2n) is 2.26. The van der Waals surface area contributed by atoms with Crippen molar-refractivity contribution in [1.29, 1.82) is 0 Å². The van der Waals surface area contributed by atoms with Gasteiger partial charge < -0.3 is 20.2 Å². The minimum Gasteiger partial charge on any atom is -0.339 e. The zero-order chi connectivity index (χ0) is 11.7. The summed E-state index contributed by atoms with van der Waals surface area (Å²) in [6.07, 6.45) is 0. The Morgan fingerprint density at radius 1 is 0.875 bits per heavy atom. The number of aromatic nitrogens is 8. The minimum atomic E-state index is -0.978. The molecule has 0 aliphatic heterocycles. The summed E-state index contributed by atoms with van der Waals surface area (Å²) in [5.74, 6) is -1.10. The van der Waals surface area contributed by atoms with Gasteiger partial charge in [-0.1, -0.05) is 10.2 Å². The van der Waals surface area contributed by atoms with Crippen molar-refractivity contribution in [1.82, 2.24) is 40.6 Å². The third-order valence-corrected chi connectivity index (χ3v) is 1.42. The number of tetrazole rings is 2. The molecule has 2 aromatic heterocycles. The largest absolute Gasteiger partial charge is 0.339 e. The summed E-state index contributed by atoms with van der Waals surface area (Å²) in [7, 11) is 0. The molecule has 0 aromatic carbocycles. The van der Waals surface area contributed by atoms with E-state index in [0.717, 1.165) is 0 Å². The highest BCUT2D eigenvalue weighted by molar-refractivity contribution is 5.39. The lowest BCUT2D eigenvalue weighted by Gasteiger charge is -1.93. The molecule has 2 rings (SSSR count). The summed E-state index contributed by atoms with van der Waals surface area (Å²) in [6, 6.07) is 0. The Balaban J connectivity index is 2.59. The van der Waals surface area contributed by atoms with Gasteiger partial charge in [-0.05, 0) is 0 Å². The molecule has 0 fully saturated rings. The molecule has 0 radical (unpaired) electrons. The van der Waals surface area contributed by atoms with Crippen LogP contribution in [0.15, 0.2) is 0 Å². The summed E-state index contributed by atoms with van der Waals surface area (Å²) >= 11 is 0. The zero-order valence-electron chi connectivity index (χ0n) is 7.11. The van der Waals surface area contributed by atoms with Gasteiger partial charge in [0.25, 0.3) is 0 Å². The summed E-state index contributed by atoms with van der Waals surface area (Å²) < 4.78 is 0. The Hall–Kier alpha value is -3.06. The van der Waals surface area contributed by atoms with Crippen LogP contribution in [0.4, 0.5) is 0 Å². The van der Waals surface area contributed by atoms with Crippen LogP contribution < -0.4 is 0 Å². The predicted molar refractivity (Wildman–Crippen MR) is 39.4 cm³/mol. The Morgan fingerprint density at radius 3 is 1.56 bits per heavy atom. The van der Waals surface area contributed by atoms with Crippen molar-refractivity contribution in [3.63, 3.8) is 0 Å². The second kappa shape index (κ2) is 3.26. The summed E-state index contributed by atoms with van der Waals surface area (Å²) in [5.41, 5.74) is 0. The van der Waals surface area contributed by atoms with Gasteiger partial charge in [0.1, 0.15) is 10.4 Å². The molecule has 2 aromatic rings. The number of hydrogen-bond donors (Lipinski definition) is 0. The molecule has 0 amide bonds. The molecule has 0 saturated heterocycles. The van der Waals surface area contributed by atoms with Crippen molar-refractivity contribution in [2.75, 3.05) is 0 Å². The van der Waals surface area contributed by atoms with Crippen LogP contribution >= 0.6 is 0 Å². The van der Waals surface area contributed by atoms with Crippen LogP contribution in [0.1, 0.15) is 0 Å². The molecule has 2 heterocycles. The van der Waals surface area contributed by atoms with Crippen molar-refractivity contribution >= 4 is 0 Å². The molecule has 0 bridgehead atoms. The predicted octanol–water partition coefficient (Wildman–Crippen LogP) is -2.59. The van der Waals surface area contributed by atoms with Crippen LogP contribution in [0.3, 0.4) is 0 Å². The number of nitro groups is 2. The normalized spacial score (nSPS) is 10.2. The lowest BCUT2D eigenvalue weighted by Crippen LogP contribution is -2.17. The molecular weight excluding hydrogens is 228 g/mol. The van der Waals surface area contributed by atoms with E-state index in [2.05, 4.69) is 31.1 Å². The van der Waals surface area contributed by atoms with E-state index in [9.17, 15) is 20.2 Å². The van der Waals surface area contributed by atoms with Gasteiger partial charge in [0.15, 0.2) is 0 Å². The third-order valence-electron chi connectivity index (χ3n) is 1.42. The second-order valence-corrected chi connectivity index (χ2v) is 2.26. The standard InChI is InChI=1S/C2N10O4/c13-11(14)9-1(3-5-7-9)2-4-6-8-10(2)12(15)16. The monoisotopic (exact) mass is 228 g/mol. The van der Waals surface area contributed by atoms with Gasteiger partial charge in [-0.3, -0.25) is 0 Å². The summed E-state index contributed by atoms with van der Waals surface area (Å²) in [4.78, 5) is 21.1. The lowest BCUT2D eigenvalue weighted by molar-refractivity contribution is -0.557. The molecule has 0 saturated carbocycles. The first-order valence-corrected chi connectivity index (χ1v) is 3.47. The lowest BCUT2D eigenvalue weighted by atomic mass is 10.6. The fraction of sp³-hybridized carbons (Fsp3) is 0. The van der Waals surface area contributed by atoms with Crippen molar-refractivity contribution in [3.05, 3.63) is 20.2 Å². The van der Waals surface area contributed by atoms with Crippen molar-refractivity contribution in [2.24, 2.45) is 0 Å². The Bertz CT molecular complexity index is 502. The van der Waals surface area contributed by atoms with Gasteiger partial charge in [-0.2, -0.15) is 0 Å². The maximum Gasteiger partial charge on any atom is 0.301 e. The summed E-state index contributed by atoms with van der Waals surface area (Å²) in [5, 5.41) is 37.3. The van der Waals surface area contributed by atoms with Crippen LogP contribution in [0, 0.1) is 20.2 Å².